The summed E-state index contributed by atoms with van der Waals surface area (Å²) < 4.78 is 4.99. The van der Waals surface area contributed by atoms with Crippen molar-refractivity contribution in [1.29, 1.82) is 0 Å². The van der Waals surface area contributed by atoms with E-state index in [1.54, 1.807) is 6.92 Å². The van der Waals surface area contributed by atoms with Crippen molar-refractivity contribution in [3.05, 3.63) is 17.9 Å². The van der Waals surface area contributed by atoms with E-state index in [2.05, 4.69) is 21.2 Å². The highest BCUT2D eigenvalue weighted by Gasteiger charge is 2.15. The van der Waals surface area contributed by atoms with Gasteiger partial charge < -0.3 is 10.2 Å². The molecule has 8 heteroatoms. The van der Waals surface area contributed by atoms with E-state index in [1.165, 1.54) is 12.1 Å². The first-order chi connectivity index (χ1) is 7.90. The van der Waals surface area contributed by atoms with Crippen LogP contribution in [-0.4, -0.2) is 22.7 Å². The number of imide groups is 1. The van der Waals surface area contributed by atoms with E-state index in [4.69, 9.17) is 10.2 Å². The average molecular weight is 304 g/mol. The molecule has 0 aromatic carbocycles. The molecule has 4 amide bonds. The highest BCUT2D eigenvalue weighted by atomic mass is 79.9. The number of hydrogen-bond donors (Lipinski definition) is 3. The van der Waals surface area contributed by atoms with Gasteiger partial charge in [0.25, 0.3) is 5.91 Å². The van der Waals surface area contributed by atoms with Gasteiger partial charge in [0.05, 0.1) is 4.83 Å². The van der Waals surface area contributed by atoms with Crippen molar-refractivity contribution in [1.82, 2.24) is 5.32 Å². The Balaban J connectivity index is 2.68. The van der Waals surface area contributed by atoms with Crippen molar-refractivity contribution in [3.8, 4) is 0 Å². The number of carbonyl (C=O) groups is 3. The van der Waals surface area contributed by atoms with Gasteiger partial charge in [-0.1, -0.05) is 15.9 Å². The molecule has 0 bridgehead atoms. The third-order valence-electron chi connectivity index (χ3n) is 1.67. The summed E-state index contributed by atoms with van der Waals surface area (Å²) in [5.41, 5.74) is 4.77. The van der Waals surface area contributed by atoms with Crippen molar-refractivity contribution in [2.45, 2.75) is 11.8 Å². The molecule has 0 fully saturated rings. The maximum Gasteiger partial charge on any atom is 0.319 e. The van der Waals surface area contributed by atoms with Gasteiger partial charge in [0.1, 0.15) is 0 Å². The molecule has 92 valence electrons. The summed E-state index contributed by atoms with van der Waals surface area (Å²) in [4.78, 5) is 32.6. The highest BCUT2D eigenvalue weighted by molar-refractivity contribution is 9.10. The van der Waals surface area contributed by atoms with Gasteiger partial charge in [0, 0.05) is 6.07 Å². The summed E-state index contributed by atoms with van der Waals surface area (Å²) in [6, 6.07) is 1.72. The predicted octanol–water partition coefficient (Wildman–Crippen LogP) is 0.810. The molecule has 1 aromatic heterocycles. The van der Waals surface area contributed by atoms with E-state index < -0.39 is 16.8 Å². The lowest BCUT2D eigenvalue weighted by molar-refractivity contribution is -0.115. The number of rotatable bonds is 3. The summed E-state index contributed by atoms with van der Waals surface area (Å²) in [6.45, 7) is 1.64. The SMILES string of the molecule is C[C@H](Br)C(=O)Nc1ccc(C(=O)NC(N)=O)o1. The third kappa shape index (κ3) is 3.91. The number of nitrogens with two attached hydrogens (primary N) is 1. The fourth-order valence-electron chi connectivity index (χ4n) is 0.921. The largest absolute Gasteiger partial charge is 0.435 e. The molecular weight excluding hydrogens is 294 g/mol. The zero-order valence-corrected chi connectivity index (χ0v) is 10.4. The number of carbonyl (C=O) groups excluding carboxylic acids is 3. The first kappa shape index (κ1) is 13.2. The first-order valence-corrected chi connectivity index (χ1v) is 5.47. The highest BCUT2D eigenvalue weighted by Crippen LogP contribution is 2.14. The molecule has 4 N–H and O–H groups in total. The van der Waals surface area contributed by atoms with Crippen molar-refractivity contribution < 1.29 is 18.8 Å². The number of hydrogen-bond acceptors (Lipinski definition) is 4. The Hall–Kier alpha value is -1.83. The maximum absolute atomic E-state index is 11.3. The van der Waals surface area contributed by atoms with Crippen LogP contribution in [0.4, 0.5) is 10.7 Å². The van der Waals surface area contributed by atoms with Gasteiger partial charge in [-0.25, -0.2) is 4.79 Å². The summed E-state index contributed by atoms with van der Waals surface area (Å²) in [5, 5.41) is 4.25. The van der Waals surface area contributed by atoms with Gasteiger partial charge in [0.2, 0.25) is 5.91 Å². The van der Waals surface area contributed by atoms with Crippen LogP contribution in [0.15, 0.2) is 16.5 Å². The second-order valence-corrected chi connectivity index (χ2v) is 4.46. The van der Waals surface area contributed by atoms with Crippen LogP contribution in [0.25, 0.3) is 0 Å². The van der Waals surface area contributed by atoms with E-state index in [9.17, 15) is 14.4 Å². The molecule has 17 heavy (non-hydrogen) atoms. The molecule has 0 aliphatic heterocycles. The lowest BCUT2D eigenvalue weighted by atomic mass is 10.4. The van der Waals surface area contributed by atoms with E-state index in [0.29, 0.717) is 0 Å². The second-order valence-electron chi connectivity index (χ2n) is 3.09. The Bertz CT molecular complexity index is 455. The third-order valence-corrected chi connectivity index (χ3v) is 2.09. The van der Waals surface area contributed by atoms with Gasteiger partial charge in [-0.15, -0.1) is 0 Å². The van der Waals surface area contributed by atoms with Gasteiger partial charge in [-0.2, -0.15) is 0 Å². The van der Waals surface area contributed by atoms with Crippen LogP contribution in [0.3, 0.4) is 0 Å². The molecule has 0 aliphatic carbocycles. The number of halogens is 1. The lowest BCUT2D eigenvalue weighted by Crippen LogP contribution is -2.34. The normalized spacial score (nSPS) is 11.6. The molecule has 1 atom stereocenters. The zero-order valence-electron chi connectivity index (χ0n) is 8.82. The Kier molecular flexibility index (Phi) is 4.27. The average Bonchev–Trinajstić information content (AvgIpc) is 2.65. The zero-order chi connectivity index (χ0) is 13.0. The smallest absolute Gasteiger partial charge is 0.319 e. The van der Waals surface area contributed by atoms with Crippen LogP contribution >= 0.6 is 15.9 Å². The van der Waals surface area contributed by atoms with Gasteiger partial charge in [-0.3, -0.25) is 20.2 Å². The molecule has 0 unspecified atom stereocenters. The number of anilines is 1. The van der Waals surface area contributed by atoms with Crippen LogP contribution in [0.5, 0.6) is 0 Å². The van der Waals surface area contributed by atoms with Crippen LogP contribution < -0.4 is 16.4 Å². The molecule has 0 saturated heterocycles. The topological polar surface area (TPSA) is 114 Å². The van der Waals surface area contributed by atoms with E-state index in [-0.39, 0.29) is 17.6 Å². The minimum atomic E-state index is -0.980. The van der Waals surface area contributed by atoms with Crippen molar-refractivity contribution >= 4 is 39.7 Å². The Morgan fingerprint density at radius 1 is 1.41 bits per heavy atom. The first-order valence-electron chi connectivity index (χ1n) is 4.55. The van der Waals surface area contributed by atoms with Gasteiger partial charge in [-0.05, 0) is 13.0 Å². The quantitative estimate of drug-likeness (QED) is 0.717. The number of alkyl halides is 1. The standard InChI is InChI=1S/C9H10BrN3O4/c1-4(10)7(14)12-6-3-2-5(17-6)8(15)13-9(11)16/h2-4H,1H3,(H,12,14)(H3,11,13,15,16)/t4-/m0/s1. The summed E-state index contributed by atoms with van der Waals surface area (Å²) in [6.07, 6.45) is 0. The summed E-state index contributed by atoms with van der Waals surface area (Å²) in [7, 11) is 0. The Labute approximate surface area is 105 Å². The molecule has 1 rings (SSSR count). The van der Waals surface area contributed by atoms with Gasteiger partial charge in [0.15, 0.2) is 11.6 Å². The van der Waals surface area contributed by atoms with E-state index in [1.807, 2.05) is 5.32 Å². The van der Waals surface area contributed by atoms with Crippen LogP contribution in [0.1, 0.15) is 17.5 Å². The number of amides is 4. The predicted molar refractivity (Wildman–Crippen MR) is 62.8 cm³/mol. The summed E-state index contributed by atoms with van der Waals surface area (Å²) in [5.74, 6) is -1.11. The number of furan rings is 1. The van der Waals surface area contributed by atoms with Gasteiger partial charge >= 0.3 is 6.03 Å². The molecule has 0 saturated carbocycles. The minimum Gasteiger partial charge on any atom is -0.435 e. The van der Waals surface area contributed by atoms with Crippen LogP contribution in [0, 0.1) is 0 Å². The molecule has 7 nitrogen and oxygen atoms in total. The van der Waals surface area contributed by atoms with Crippen molar-refractivity contribution in [2.24, 2.45) is 5.73 Å². The number of primary amides is 1. The minimum absolute atomic E-state index is 0.107. The van der Waals surface area contributed by atoms with Crippen molar-refractivity contribution in [2.75, 3.05) is 5.32 Å². The maximum atomic E-state index is 11.3. The Morgan fingerprint density at radius 3 is 2.59 bits per heavy atom. The monoisotopic (exact) mass is 303 g/mol. The fourth-order valence-corrected chi connectivity index (χ4v) is 1.04. The molecular formula is C9H10BrN3O4. The van der Waals surface area contributed by atoms with E-state index in [0.717, 1.165) is 0 Å². The fraction of sp³-hybridized carbons (Fsp3) is 0.222. The molecule has 0 radical (unpaired) electrons. The van der Waals surface area contributed by atoms with Crippen LogP contribution in [-0.2, 0) is 4.79 Å². The molecule has 0 spiro atoms. The molecule has 0 aliphatic rings. The van der Waals surface area contributed by atoms with Crippen LogP contribution in [0.2, 0.25) is 0 Å². The number of urea groups is 1. The lowest BCUT2D eigenvalue weighted by Gasteiger charge is -2.02. The second kappa shape index (κ2) is 5.48. The molecule has 1 heterocycles. The number of nitrogens with one attached hydrogen (secondary N) is 2. The Morgan fingerprint density at radius 2 is 2.06 bits per heavy atom. The van der Waals surface area contributed by atoms with Crippen molar-refractivity contribution in [3.63, 3.8) is 0 Å². The summed E-state index contributed by atoms with van der Waals surface area (Å²) >= 11 is 3.07. The van der Waals surface area contributed by atoms with E-state index >= 15 is 0 Å². The molecule has 1 aromatic rings.